The van der Waals surface area contributed by atoms with Gasteiger partial charge in [0.2, 0.25) is 5.88 Å². The van der Waals surface area contributed by atoms with Gasteiger partial charge in [0.15, 0.2) is 0 Å². The lowest BCUT2D eigenvalue weighted by Gasteiger charge is -2.29. The summed E-state index contributed by atoms with van der Waals surface area (Å²) >= 11 is 0. The lowest BCUT2D eigenvalue weighted by molar-refractivity contribution is -0.0529. The summed E-state index contributed by atoms with van der Waals surface area (Å²) in [5, 5.41) is 5.38. The number of alkyl halides is 4. The van der Waals surface area contributed by atoms with Gasteiger partial charge in [-0.05, 0) is 37.3 Å². The maximum atomic E-state index is 13.3. The number of ether oxygens (including phenoxy) is 1. The monoisotopic (exact) mass is 361 g/mol. The summed E-state index contributed by atoms with van der Waals surface area (Å²) < 4.78 is 55.1. The molecule has 0 atom stereocenters. The molecule has 1 aromatic rings. The highest BCUT2D eigenvalue weighted by Crippen LogP contribution is 2.67. The van der Waals surface area contributed by atoms with Crippen molar-refractivity contribution in [1.82, 2.24) is 15.6 Å². The minimum absolute atomic E-state index is 0.0377. The first kappa shape index (κ1) is 17.8. The maximum Gasteiger partial charge on any atom is 0.388 e. The smallest absolute Gasteiger partial charge is 0.388 e. The predicted octanol–water partition coefficient (Wildman–Crippen LogP) is 3.45. The second-order valence-electron chi connectivity index (χ2n) is 6.64. The standard InChI is InChI=1S/C16H19F4N3O2/c17-13(18)25-12-7-10(3-6-21-12)8-22-14(24)23-11-1-4-15(5-2-11)9-16(15,19)20/h3,6-7,11,13H,1-2,4-5,8-9H2,(H2,22,23,24). The molecule has 1 aromatic heterocycles. The third kappa shape index (κ3) is 4.13. The van der Waals surface area contributed by atoms with E-state index in [2.05, 4.69) is 20.4 Å². The average Bonchev–Trinajstić information content (AvgIpc) is 3.08. The van der Waals surface area contributed by atoms with E-state index < -0.39 is 24.0 Å². The summed E-state index contributed by atoms with van der Waals surface area (Å²) in [6.45, 7) is -2.85. The lowest BCUT2D eigenvalue weighted by atomic mass is 9.83. The Morgan fingerprint density at radius 1 is 1.36 bits per heavy atom. The number of carbonyl (C=O) groups is 1. The van der Waals surface area contributed by atoms with Crippen LogP contribution in [0.4, 0.5) is 22.4 Å². The molecule has 25 heavy (non-hydrogen) atoms. The van der Waals surface area contributed by atoms with Crippen LogP contribution in [-0.4, -0.2) is 29.6 Å². The van der Waals surface area contributed by atoms with Crippen molar-refractivity contribution in [2.75, 3.05) is 0 Å². The van der Waals surface area contributed by atoms with Crippen LogP contribution in [-0.2, 0) is 6.54 Å². The van der Waals surface area contributed by atoms with Gasteiger partial charge in [0, 0.05) is 36.7 Å². The normalized spacial score (nSPS) is 27.2. The Balaban J connectivity index is 1.42. The maximum absolute atomic E-state index is 13.3. The van der Waals surface area contributed by atoms with Crippen LogP contribution < -0.4 is 15.4 Å². The fourth-order valence-corrected chi connectivity index (χ4v) is 3.37. The zero-order valence-electron chi connectivity index (χ0n) is 13.4. The average molecular weight is 361 g/mol. The first-order valence-electron chi connectivity index (χ1n) is 8.12. The van der Waals surface area contributed by atoms with Crippen LogP contribution in [0.15, 0.2) is 18.3 Å². The first-order valence-corrected chi connectivity index (χ1v) is 8.12. The highest BCUT2D eigenvalue weighted by Gasteiger charge is 2.70. The number of rotatable bonds is 5. The molecule has 2 fully saturated rings. The molecule has 5 nitrogen and oxygen atoms in total. The van der Waals surface area contributed by atoms with E-state index in [0.717, 1.165) is 0 Å². The molecule has 2 amide bonds. The number of pyridine rings is 1. The van der Waals surface area contributed by atoms with E-state index in [1.54, 1.807) is 6.07 Å². The molecule has 0 unspecified atom stereocenters. The molecule has 0 radical (unpaired) electrons. The van der Waals surface area contributed by atoms with Crippen molar-refractivity contribution in [2.24, 2.45) is 5.41 Å². The number of amides is 2. The predicted molar refractivity (Wildman–Crippen MR) is 80.5 cm³/mol. The van der Waals surface area contributed by atoms with Gasteiger partial charge < -0.3 is 15.4 Å². The van der Waals surface area contributed by atoms with E-state index in [0.29, 0.717) is 31.2 Å². The van der Waals surface area contributed by atoms with Crippen molar-refractivity contribution >= 4 is 6.03 Å². The molecular weight excluding hydrogens is 342 g/mol. The second-order valence-corrected chi connectivity index (χ2v) is 6.64. The van der Waals surface area contributed by atoms with Crippen molar-refractivity contribution in [2.45, 2.75) is 57.2 Å². The summed E-state index contributed by atoms with van der Waals surface area (Å²) in [7, 11) is 0. The fraction of sp³-hybridized carbons (Fsp3) is 0.625. The van der Waals surface area contributed by atoms with Gasteiger partial charge in [-0.2, -0.15) is 8.78 Å². The van der Waals surface area contributed by atoms with Gasteiger partial charge in [-0.25, -0.2) is 18.6 Å². The van der Waals surface area contributed by atoms with Crippen molar-refractivity contribution in [3.8, 4) is 5.88 Å². The largest absolute Gasteiger partial charge is 0.417 e. The molecule has 0 aromatic carbocycles. The van der Waals surface area contributed by atoms with E-state index in [4.69, 9.17) is 0 Å². The number of aromatic nitrogens is 1. The van der Waals surface area contributed by atoms with Crippen LogP contribution in [0.3, 0.4) is 0 Å². The van der Waals surface area contributed by atoms with Crippen molar-refractivity contribution in [3.63, 3.8) is 0 Å². The number of halogens is 4. The van der Waals surface area contributed by atoms with Crippen LogP contribution in [0.5, 0.6) is 5.88 Å². The Morgan fingerprint density at radius 2 is 2.04 bits per heavy atom. The van der Waals surface area contributed by atoms with Crippen LogP contribution in [0.2, 0.25) is 0 Å². The van der Waals surface area contributed by atoms with Crippen LogP contribution >= 0.6 is 0 Å². The highest BCUT2D eigenvalue weighted by molar-refractivity contribution is 5.74. The molecule has 0 bridgehead atoms. The zero-order chi connectivity index (χ0) is 18.1. The Kier molecular flexibility index (Phi) is 4.75. The fourth-order valence-electron chi connectivity index (χ4n) is 3.37. The van der Waals surface area contributed by atoms with Crippen LogP contribution in [0.25, 0.3) is 0 Å². The van der Waals surface area contributed by atoms with Gasteiger partial charge in [0.1, 0.15) is 0 Å². The second kappa shape index (κ2) is 6.68. The van der Waals surface area contributed by atoms with Gasteiger partial charge >= 0.3 is 12.6 Å². The third-order valence-electron chi connectivity index (χ3n) is 4.95. The van der Waals surface area contributed by atoms with Gasteiger partial charge in [-0.1, -0.05) is 0 Å². The van der Waals surface area contributed by atoms with Crippen LogP contribution in [0, 0.1) is 5.41 Å². The number of urea groups is 1. The number of hydrogen-bond donors (Lipinski definition) is 2. The Bertz CT molecular complexity index is 634. The van der Waals surface area contributed by atoms with E-state index in [1.807, 2.05) is 0 Å². The minimum Gasteiger partial charge on any atom is -0.417 e. The van der Waals surface area contributed by atoms with E-state index in [-0.39, 0.29) is 24.9 Å². The molecule has 2 aliphatic rings. The van der Waals surface area contributed by atoms with Gasteiger partial charge in [0.25, 0.3) is 5.92 Å². The summed E-state index contributed by atoms with van der Waals surface area (Å²) in [4.78, 5) is 15.6. The lowest BCUT2D eigenvalue weighted by Crippen LogP contribution is -2.44. The molecule has 1 heterocycles. The van der Waals surface area contributed by atoms with Gasteiger partial charge in [-0.15, -0.1) is 0 Å². The quantitative estimate of drug-likeness (QED) is 0.790. The van der Waals surface area contributed by atoms with Crippen molar-refractivity contribution < 1.29 is 27.1 Å². The van der Waals surface area contributed by atoms with Gasteiger partial charge in [-0.3, -0.25) is 0 Å². The molecule has 138 valence electrons. The summed E-state index contributed by atoms with van der Waals surface area (Å²) in [6, 6.07) is 2.33. The third-order valence-corrected chi connectivity index (χ3v) is 4.95. The Labute approximate surface area is 142 Å². The Morgan fingerprint density at radius 3 is 2.64 bits per heavy atom. The molecule has 9 heteroatoms. The van der Waals surface area contributed by atoms with E-state index in [1.165, 1.54) is 12.3 Å². The topological polar surface area (TPSA) is 63.2 Å². The first-order chi connectivity index (χ1) is 11.8. The van der Waals surface area contributed by atoms with E-state index in [9.17, 15) is 22.4 Å². The molecule has 2 saturated carbocycles. The SMILES string of the molecule is O=C(NCc1ccnc(OC(F)F)c1)NC1CCC2(CC1)CC2(F)F. The molecule has 0 saturated heterocycles. The highest BCUT2D eigenvalue weighted by atomic mass is 19.3. The molecule has 2 N–H and O–H groups in total. The zero-order valence-corrected chi connectivity index (χ0v) is 13.4. The van der Waals surface area contributed by atoms with E-state index >= 15 is 0 Å². The molecule has 3 rings (SSSR count). The number of nitrogens with zero attached hydrogens (tertiary/aromatic N) is 1. The number of carbonyl (C=O) groups excluding carboxylic acids is 1. The summed E-state index contributed by atoms with van der Waals surface area (Å²) in [6.07, 6.45) is 3.18. The van der Waals surface area contributed by atoms with Crippen LogP contribution in [0.1, 0.15) is 37.7 Å². The summed E-state index contributed by atoms with van der Waals surface area (Å²) in [5.74, 6) is -2.77. The van der Waals surface area contributed by atoms with Gasteiger partial charge in [0.05, 0.1) is 0 Å². The number of nitrogens with one attached hydrogen (secondary N) is 2. The molecular formula is C16H19F4N3O2. The Hall–Kier alpha value is -2.06. The number of hydrogen-bond acceptors (Lipinski definition) is 3. The molecule has 1 spiro atoms. The molecule has 2 aliphatic carbocycles. The van der Waals surface area contributed by atoms with Crippen molar-refractivity contribution in [3.05, 3.63) is 23.9 Å². The van der Waals surface area contributed by atoms with Crippen molar-refractivity contribution in [1.29, 1.82) is 0 Å². The molecule has 0 aliphatic heterocycles. The minimum atomic E-state index is -2.97. The summed E-state index contributed by atoms with van der Waals surface area (Å²) in [5.41, 5.74) is -0.277.